The summed E-state index contributed by atoms with van der Waals surface area (Å²) in [6.07, 6.45) is 0. The summed E-state index contributed by atoms with van der Waals surface area (Å²) >= 11 is 6.14. The Morgan fingerprint density at radius 3 is 2.39 bits per heavy atom. The van der Waals surface area contributed by atoms with Gasteiger partial charge in [0.25, 0.3) is 5.91 Å². The Kier molecular flexibility index (Phi) is 6.56. The normalized spacial score (nSPS) is 11.5. The third kappa shape index (κ3) is 4.84. The fourth-order valence-corrected chi connectivity index (χ4v) is 3.05. The molecule has 144 valence electrons. The van der Waals surface area contributed by atoms with Gasteiger partial charge < -0.3 is 14.8 Å². The van der Waals surface area contributed by atoms with E-state index in [1.807, 2.05) is 55.5 Å². The molecule has 28 heavy (non-hydrogen) atoms. The summed E-state index contributed by atoms with van der Waals surface area (Å²) in [6, 6.07) is 22.0. The maximum atomic E-state index is 12.6. The van der Waals surface area contributed by atoms with Crippen LogP contribution in [0.5, 0.6) is 11.5 Å². The summed E-state index contributed by atoms with van der Waals surface area (Å²) in [5, 5.41) is 3.66. The number of hydrogen-bond donors (Lipinski definition) is 1. The molecule has 1 N–H and O–H groups in total. The number of nitrogens with one attached hydrogen (secondary N) is 1. The Balaban J connectivity index is 1.61. The summed E-state index contributed by atoms with van der Waals surface area (Å²) in [5.41, 5.74) is 2.40. The van der Waals surface area contributed by atoms with Crippen LogP contribution in [0.2, 0.25) is 5.02 Å². The summed E-state index contributed by atoms with van der Waals surface area (Å²) in [4.78, 5) is 12.6. The molecule has 3 rings (SSSR count). The van der Waals surface area contributed by atoms with Crippen LogP contribution >= 0.6 is 11.6 Å². The highest BCUT2D eigenvalue weighted by molar-refractivity contribution is 6.31. The van der Waals surface area contributed by atoms with Gasteiger partial charge in [-0.1, -0.05) is 48.0 Å². The molecule has 0 saturated carbocycles. The molecule has 0 saturated heterocycles. The van der Waals surface area contributed by atoms with Crippen LogP contribution in [0.4, 0.5) is 0 Å². The quantitative estimate of drug-likeness (QED) is 0.581. The Labute approximate surface area is 170 Å². The van der Waals surface area contributed by atoms with Gasteiger partial charge in [0.2, 0.25) is 0 Å². The lowest BCUT2D eigenvalue weighted by atomic mass is 10.1. The average Bonchev–Trinajstić information content (AvgIpc) is 2.73. The largest absolute Gasteiger partial charge is 0.496 e. The van der Waals surface area contributed by atoms with E-state index in [9.17, 15) is 4.79 Å². The van der Waals surface area contributed by atoms with Crippen LogP contribution in [0.25, 0.3) is 0 Å². The first-order valence-corrected chi connectivity index (χ1v) is 9.36. The molecule has 1 unspecified atom stereocenters. The molecule has 3 aromatic rings. The molecule has 0 aliphatic heterocycles. The molecular weight excluding hydrogens is 374 g/mol. The van der Waals surface area contributed by atoms with Crippen molar-refractivity contribution < 1.29 is 14.3 Å². The lowest BCUT2D eigenvalue weighted by Crippen LogP contribution is -2.26. The molecule has 0 spiro atoms. The maximum Gasteiger partial charge on any atom is 0.251 e. The third-order valence-corrected chi connectivity index (χ3v) is 4.79. The molecule has 0 aliphatic carbocycles. The van der Waals surface area contributed by atoms with Gasteiger partial charge in [-0.15, -0.1) is 0 Å². The van der Waals surface area contributed by atoms with E-state index in [1.165, 1.54) is 0 Å². The lowest BCUT2D eigenvalue weighted by molar-refractivity contribution is 0.0939. The fourth-order valence-electron chi connectivity index (χ4n) is 2.86. The van der Waals surface area contributed by atoms with E-state index in [2.05, 4.69) is 5.32 Å². The molecule has 4 nitrogen and oxygen atoms in total. The Morgan fingerprint density at radius 2 is 1.68 bits per heavy atom. The van der Waals surface area contributed by atoms with E-state index in [4.69, 9.17) is 21.1 Å². The first kappa shape index (κ1) is 19.8. The first-order valence-electron chi connectivity index (χ1n) is 8.98. The highest BCUT2D eigenvalue weighted by Gasteiger charge is 2.15. The third-order valence-electron chi connectivity index (χ3n) is 4.42. The predicted molar refractivity (Wildman–Crippen MR) is 111 cm³/mol. The Bertz CT molecular complexity index is 941. The molecule has 5 heteroatoms. The van der Waals surface area contributed by atoms with Gasteiger partial charge in [0.1, 0.15) is 18.1 Å². The van der Waals surface area contributed by atoms with Crippen LogP contribution in [0, 0.1) is 0 Å². The summed E-state index contributed by atoms with van der Waals surface area (Å²) in [7, 11) is 1.62. The van der Waals surface area contributed by atoms with Crippen LogP contribution in [0.3, 0.4) is 0 Å². The van der Waals surface area contributed by atoms with Crippen molar-refractivity contribution in [2.75, 3.05) is 7.11 Å². The van der Waals surface area contributed by atoms with Gasteiger partial charge in [-0.3, -0.25) is 4.79 Å². The molecule has 3 aromatic carbocycles. The SMILES string of the molecule is COc1ccccc1C(C)NC(=O)c1ccc(OCc2ccccc2Cl)cc1. The zero-order chi connectivity index (χ0) is 19.9. The first-order chi connectivity index (χ1) is 13.6. The predicted octanol–water partition coefficient (Wildman–Crippen LogP) is 5.42. The second-order valence-corrected chi connectivity index (χ2v) is 6.75. The smallest absolute Gasteiger partial charge is 0.251 e. The van der Waals surface area contributed by atoms with Gasteiger partial charge in [-0.25, -0.2) is 0 Å². The van der Waals surface area contributed by atoms with Crippen LogP contribution in [-0.2, 0) is 6.61 Å². The monoisotopic (exact) mass is 395 g/mol. The number of carbonyl (C=O) groups excluding carboxylic acids is 1. The highest BCUT2D eigenvalue weighted by Crippen LogP contribution is 2.25. The van der Waals surface area contributed by atoms with Crippen LogP contribution in [-0.4, -0.2) is 13.0 Å². The van der Waals surface area contributed by atoms with Gasteiger partial charge in [-0.2, -0.15) is 0 Å². The van der Waals surface area contributed by atoms with Crippen molar-refractivity contribution in [1.29, 1.82) is 0 Å². The second-order valence-electron chi connectivity index (χ2n) is 6.34. The van der Waals surface area contributed by atoms with Crippen molar-refractivity contribution in [3.8, 4) is 11.5 Å². The average molecular weight is 396 g/mol. The minimum absolute atomic E-state index is 0.156. The highest BCUT2D eigenvalue weighted by atomic mass is 35.5. The second kappa shape index (κ2) is 9.29. The van der Waals surface area contributed by atoms with Crippen LogP contribution in [0.1, 0.15) is 34.5 Å². The molecule has 1 amide bonds. The Morgan fingerprint density at radius 1 is 1.00 bits per heavy atom. The molecule has 1 atom stereocenters. The fraction of sp³-hybridized carbons (Fsp3) is 0.174. The molecule has 0 radical (unpaired) electrons. The van der Waals surface area contributed by atoms with E-state index in [0.29, 0.717) is 22.9 Å². The van der Waals surface area contributed by atoms with Crippen molar-refractivity contribution >= 4 is 17.5 Å². The minimum Gasteiger partial charge on any atom is -0.496 e. The summed E-state index contributed by atoms with van der Waals surface area (Å²) < 4.78 is 11.1. The number of hydrogen-bond acceptors (Lipinski definition) is 3. The molecule has 0 aliphatic rings. The van der Waals surface area contributed by atoms with Crippen molar-refractivity contribution in [1.82, 2.24) is 5.32 Å². The van der Waals surface area contributed by atoms with Crippen molar-refractivity contribution in [2.24, 2.45) is 0 Å². The van der Waals surface area contributed by atoms with E-state index in [1.54, 1.807) is 31.4 Å². The van der Waals surface area contributed by atoms with Crippen LogP contribution in [0.15, 0.2) is 72.8 Å². The molecular formula is C23H22ClNO3. The summed E-state index contributed by atoms with van der Waals surface area (Å²) in [5.74, 6) is 1.27. The minimum atomic E-state index is -0.181. The Hall–Kier alpha value is -2.98. The van der Waals surface area contributed by atoms with Gasteiger partial charge in [0.05, 0.1) is 13.2 Å². The van der Waals surface area contributed by atoms with Crippen molar-refractivity contribution in [2.45, 2.75) is 19.6 Å². The van der Waals surface area contributed by atoms with E-state index in [0.717, 1.165) is 16.9 Å². The topological polar surface area (TPSA) is 47.6 Å². The molecule has 0 aromatic heterocycles. The number of methoxy groups -OCH3 is 1. The van der Waals surface area contributed by atoms with E-state index >= 15 is 0 Å². The number of benzene rings is 3. The van der Waals surface area contributed by atoms with Crippen molar-refractivity contribution in [3.05, 3.63) is 94.5 Å². The summed E-state index contributed by atoms with van der Waals surface area (Å²) in [6.45, 7) is 2.30. The van der Waals surface area contributed by atoms with Crippen molar-refractivity contribution in [3.63, 3.8) is 0 Å². The molecule has 0 bridgehead atoms. The van der Waals surface area contributed by atoms with E-state index < -0.39 is 0 Å². The number of ether oxygens (including phenoxy) is 2. The van der Waals surface area contributed by atoms with E-state index in [-0.39, 0.29) is 11.9 Å². The number of para-hydroxylation sites is 1. The molecule has 0 heterocycles. The molecule has 0 fully saturated rings. The zero-order valence-electron chi connectivity index (χ0n) is 15.8. The number of carbonyl (C=O) groups is 1. The maximum absolute atomic E-state index is 12.6. The van der Waals surface area contributed by atoms with Gasteiger partial charge in [0.15, 0.2) is 0 Å². The van der Waals surface area contributed by atoms with Gasteiger partial charge in [-0.05, 0) is 43.3 Å². The zero-order valence-corrected chi connectivity index (χ0v) is 16.6. The number of amides is 1. The number of halogens is 1. The standard InChI is InChI=1S/C23H22ClNO3/c1-16(20-8-4-6-10-22(20)27-2)25-23(26)17-11-13-19(14-12-17)28-15-18-7-3-5-9-21(18)24/h3-14,16H,15H2,1-2H3,(H,25,26). The van der Waals surface area contributed by atoms with Gasteiger partial charge in [0, 0.05) is 21.7 Å². The van der Waals surface area contributed by atoms with Gasteiger partial charge >= 0.3 is 0 Å². The number of rotatable bonds is 7. The van der Waals surface area contributed by atoms with Crippen LogP contribution < -0.4 is 14.8 Å². The lowest BCUT2D eigenvalue weighted by Gasteiger charge is -2.17.